The average molecular weight is 1440 g/mol. The average Bonchev–Trinajstić information content (AvgIpc) is 0.854. The number of benzene rings is 1. The molecule has 0 saturated carbocycles. The molecule has 33 heteroatoms. The lowest BCUT2D eigenvalue weighted by Crippen LogP contribution is -2.62. The van der Waals surface area contributed by atoms with E-state index in [4.69, 9.17) is 19.9 Å². The molecule has 562 valence electrons. The van der Waals surface area contributed by atoms with Gasteiger partial charge in [-0.25, -0.2) is 0 Å². The molecule has 0 aromatic heterocycles. The van der Waals surface area contributed by atoms with Crippen molar-refractivity contribution in [2.24, 2.45) is 17.6 Å². The molecular formula is C66H113N13O18S2. The van der Waals surface area contributed by atoms with Crippen LogP contribution in [0.2, 0.25) is 0 Å². The quantitative estimate of drug-likeness (QED) is 0.0275. The number of thioether (sulfide) groups is 2. The number of carbonyl (C=O) groups is 11. The van der Waals surface area contributed by atoms with E-state index < -0.39 is 77.5 Å². The Hall–Kier alpha value is -6.27. The summed E-state index contributed by atoms with van der Waals surface area (Å²) in [5.74, 6) is -4.68. The van der Waals surface area contributed by atoms with Gasteiger partial charge in [0.2, 0.25) is 53.2 Å². The van der Waals surface area contributed by atoms with Crippen molar-refractivity contribution in [3.63, 3.8) is 0 Å². The number of ether oxygens (including phenoxy) is 3. The van der Waals surface area contributed by atoms with Crippen LogP contribution in [0.1, 0.15) is 117 Å². The third-order valence-electron chi connectivity index (χ3n) is 16.3. The van der Waals surface area contributed by atoms with Gasteiger partial charge in [0.15, 0.2) is 6.29 Å². The summed E-state index contributed by atoms with van der Waals surface area (Å²) in [6.07, 6.45) is 1.10. The number of aliphatic hydroxyl groups is 2. The summed E-state index contributed by atoms with van der Waals surface area (Å²) in [5, 5.41) is 60.7. The molecule has 1 fully saturated rings. The van der Waals surface area contributed by atoms with E-state index in [0.717, 1.165) is 11.1 Å². The fraction of sp³-hybridized carbons (Fsp3) is 0.742. The van der Waals surface area contributed by atoms with Crippen LogP contribution in [0.4, 0.5) is 0 Å². The molecule has 99 heavy (non-hydrogen) atoms. The van der Waals surface area contributed by atoms with E-state index in [0.29, 0.717) is 122 Å². The van der Waals surface area contributed by atoms with Crippen molar-refractivity contribution in [1.82, 2.24) is 62.1 Å². The van der Waals surface area contributed by atoms with E-state index in [1.165, 1.54) is 11.8 Å². The second-order valence-electron chi connectivity index (χ2n) is 25.8. The van der Waals surface area contributed by atoms with E-state index in [9.17, 15) is 73.2 Å². The summed E-state index contributed by atoms with van der Waals surface area (Å²) in [7, 11) is 0. The monoisotopic (exact) mass is 1440 g/mol. The Labute approximate surface area is 591 Å². The minimum atomic E-state index is -1.62. The minimum Gasteiger partial charge on any atom is -0.480 e. The van der Waals surface area contributed by atoms with E-state index in [2.05, 4.69) is 48.6 Å². The maximum absolute atomic E-state index is 14.2. The molecule has 0 unspecified atom stereocenters. The molecule has 2 heterocycles. The highest BCUT2D eigenvalue weighted by atomic mass is 32.2. The van der Waals surface area contributed by atoms with Crippen molar-refractivity contribution in [3.05, 3.63) is 35.4 Å². The molecule has 1 aromatic rings. The first-order valence-electron chi connectivity index (χ1n) is 34.4. The third kappa shape index (κ3) is 39.5. The first-order chi connectivity index (χ1) is 47.1. The maximum Gasteiger partial charge on any atom is 0.317 e. The number of nitrogens with zero attached hydrogens (tertiary/aromatic N) is 4. The van der Waals surface area contributed by atoms with Crippen molar-refractivity contribution in [3.8, 4) is 0 Å². The Morgan fingerprint density at radius 3 is 1.74 bits per heavy atom. The number of aliphatic carboxylic acids is 2. The summed E-state index contributed by atoms with van der Waals surface area (Å²) in [5.41, 5.74) is 6.35. The number of carbonyl (C=O) groups excluding carboxylic acids is 9. The molecule has 3 rings (SSSR count). The fourth-order valence-electron chi connectivity index (χ4n) is 10.5. The summed E-state index contributed by atoms with van der Waals surface area (Å²) < 4.78 is 17.0. The molecule has 14 N–H and O–H groups in total. The highest BCUT2D eigenvalue weighted by Gasteiger charge is 2.36. The summed E-state index contributed by atoms with van der Waals surface area (Å²) >= 11 is 3.08. The van der Waals surface area contributed by atoms with Crippen LogP contribution < -0.4 is 48.3 Å². The van der Waals surface area contributed by atoms with Crippen molar-refractivity contribution in [2.75, 3.05) is 149 Å². The summed E-state index contributed by atoms with van der Waals surface area (Å²) in [6, 6.07) is 4.08. The zero-order chi connectivity index (χ0) is 73.1. The number of hydrogen-bond acceptors (Lipinski definition) is 22. The van der Waals surface area contributed by atoms with Crippen LogP contribution in [0.15, 0.2) is 24.3 Å². The lowest BCUT2D eigenvalue weighted by atomic mass is 9.96. The van der Waals surface area contributed by atoms with E-state index in [1.807, 2.05) is 50.8 Å². The Morgan fingerprint density at radius 2 is 1.18 bits per heavy atom. The number of carboxylic acids is 2. The van der Waals surface area contributed by atoms with E-state index in [-0.39, 0.29) is 139 Å². The molecule has 0 aliphatic carbocycles. The number of unbranched alkanes of at least 4 members (excludes halogenated alkanes) is 1. The predicted molar refractivity (Wildman–Crippen MR) is 374 cm³/mol. The third-order valence-corrected chi connectivity index (χ3v) is 18.4. The molecule has 2 aliphatic rings. The SMILES string of the molecule is CC[C@H](C)[C@@H]1NC(=O)[C@H](CC(C)C)NC(=O)C(C)(C)NC(=O)CCSCc2cccc(c2)CSC[C@@H](C(=O)NCCCOCCOCCOCCCNC(=O)CCC(=O)N[C@@H](CCCCNC(=O)CN2CCN(CC(=O)O)CCN(CC(O)O)CCN(CC(=O)O)CC2)C(N)=O)NC1=O. The van der Waals surface area contributed by atoms with E-state index >= 15 is 0 Å². The number of fused-ring (bicyclic) bond motifs is 2. The van der Waals surface area contributed by atoms with Crippen LogP contribution in [0.3, 0.4) is 0 Å². The Morgan fingerprint density at radius 1 is 0.657 bits per heavy atom. The molecule has 1 saturated heterocycles. The van der Waals surface area contributed by atoms with Crippen LogP contribution in [0.5, 0.6) is 0 Å². The van der Waals surface area contributed by atoms with Gasteiger partial charge in [0, 0.05) is 134 Å². The Kier molecular flexibility index (Phi) is 43.3. The van der Waals surface area contributed by atoms with Crippen molar-refractivity contribution >= 4 is 88.6 Å². The summed E-state index contributed by atoms with van der Waals surface area (Å²) in [4.78, 5) is 149. The van der Waals surface area contributed by atoms with Gasteiger partial charge in [0.05, 0.1) is 46.1 Å². The van der Waals surface area contributed by atoms with Crippen LogP contribution in [0, 0.1) is 11.8 Å². The number of rotatable bonds is 37. The highest BCUT2D eigenvalue weighted by Crippen LogP contribution is 2.20. The molecule has 2 aliphatic heterocycles. The van der Waals surface area contributed by atoms with Gasteiger partial charge < -0.3 is 82.9 Å². The standard InChI is InChI=1S/C66H113N13O18S2/c1-7-47(4)60-64(93)72-52(45-99-44-49-14-10-13-48(38-49)43-98-36-18-55(82)75-66(5,6)65(94)73-51(37-46(2)3)63(92)74-60)62(91)70-21-12-31-96-33-35-97-34-32-95-30-11-20-68-53(80)16-17-54(81)71-50(61(67)90)15-8-9-19-69-56(83)39-76-22-24-77(40-57(84)85)26-28-79(42-59(88)89)29-27-78(25-23-76)41-58(86)87/h10,13-14,38,46-47,50-52,59-60,88-89H,7-9,11-12,15-37,39-45H2,1-6H3,(H2,67,90)(H,68,80)(H,69,83)(H,70,91)(H,71,81)(H,72,93)(H,73,94)(H,74,92)(H,75,82)(H,84,85)(H,86,87)/t47-,50-,51-,52-,60-/m0/s1. The second kappa shape index (κ2) is 49.3. The Bertz CT molecular complexity index is 2640. The maximum atomic E-state index is 14.2. The number of carboxylic acid groups (broad SMARTS) is 2. The number of nitrogens with two attached hydrogens (primary N) is 1. The zero-order valence-electron chi connectivity index (χ0n) is 58.8. The van der Waals surface area contributed by atoms with Gasteiger partial charge in [-0.15, -0.1) is 0 Å². The molecule has 9 amide bonds. The van der Waals surface area contributed by atoms with Crippen LogP contribution in [-0.4, -0.2) is 290 Å². The Balaban J connectivity index is 1.33. The highest BCUT2D eigenvalue weighted by molar-refractivity contribution is 7.98. The molecule has 31 nitrogen and oxygen atoms in total. The first kappa shape index (κ1) is 86.9. The van der Waals surface area contributed by atoms with Crippen LogP contribution >= 0.6 is 23.5 Å². The topological polar surface area (TPSA) is 432 Å². The summed E-state index contributed by atoms with van der Waals surface area (Å²) in [6.45, 7) is 15.1. The van der Waals surface area contributed by atoms with Gasteiger partial charge in [-0.2, -0.15) is 23.5 Å². The number of amides is 9. The minimum absolute atomic E-state index is 0.00782. The van der Waals surface area contributed by atoms with Gasteiger partial charge in [0.1, 0.15) is 29.7 Å². The van der Waals surface area contributed by atoms with E-state index in [1.54, 1.807) is 40.3 Å². The molecule has 1 aromatic carbocycles. The predicted octanol–water partition coefficient (Wildman–Crippen LogP) is -1.20. The number of primary amides is 1. The second-order valence-corrected chi connectivity index (χ2v) is 28.0. The fourth-order valence-corrected chi connectivity index (χ4v) is 12.4. The van der Waals surface area contributed by atoms with Crippen molar-refractivity contribution in [1.29, 1.82) is 0 Å². The molecule has 0 radical (unpaired) electrons. The largest absolute Gasteiger partial charge is 0.480 e. The van der Waals surface area contributed by atoms with Crippen molar-refractivity contribution in [2.45, 2.75) is 153 Å². The molecule has 0 spiro atoms. The molecule has 5 atom stereocenters. The van der Waals surface area contributed by atoms with Gasteiger partial charge >= 0.3 is 11.9 Å². The lowest BCUT2D eigenvalue weighted by Gasteiger charge is -2.33. The number of nitrogens with one attached hydrogen (secondary N) is 8. The van der Waals surface area contributed by atoms with Crippen molar-refractivity contribution < 1.29 is 87.4 Å². The van der Waals surface area contributed by atoms with Gasteiger partial charge in [-0.3, -0.25) is 72.3 Å². The molecule has 2 bridgehead atoms. The van der Waals surface area contributed by atoms with Gasteiger partial charge in [0.25, 0.3) is 0 Å². The zero-order valence-corrected chi connectivity index (χ0v) is 60.4. The van der Waals surface area contributed by atoms with Crippen LogP contribution in [-0.2, 0) is 78.5 Å². The smallest absolute Gasteiger partial charge is 0.317 e. The lowest BCUT2D eigenvalue weighted by molar-refractivity contribution is -0.139. The number of β-amino-alcohol motifs (C(OH)–C–C–N with tert-alkyl or cyclic N) is 2. The van der Waals surface area contributed by atoms with Gasteiger partial charge in [-0.1, -0.05) is 58.4 Å². The number of hydrogen-bond donors (Lipinski definition) is 13. The first-order valence-corrected chi connectivity index (χ1v) is 36.7. The molecular weight excluding hydrogens is 1330 g/mol. The van der Waals surface area contributed by atoms with Gasteiger partial charge in [-0.05, 0) is 75.3 Å². The number of aliphatic hydroxyl groups excluding tert-OH is 1. The normalized spacial score (nSPS) is 19.6. The van der Waals surface area contributed by atoms with Crippen LogP contribution in [0.25, 0.3) is 0 Å².